The highest BCUT2D eigenvalue weighted by molar-refractivity contribution is 7.89. The van der Waals surface area contributed by atoms with Crippen molar-refractivity contribution in [3.63, 3.8) is 0 Å². The molecule has 1 saturated heterocycles. The van der Waals surface area contributed by atoms with E-state index in [0.29, 0.717) is 18.8 Å². The lowest BCUT2D eigenvalue weighted by atomic mass is 10.1. The molecule has 1 N–H and O–H groups in total. The predicted molar refractivity (Wildman–Crippen MR) is 102 cm³/mol. The molecule has 0 amide bonds. The van der Waals surface area contributed by atoms with E-state index in [9.17, 15) is 8.42 Å². The molecule has 6 heteroatoms. The van der Waals surface area contributed by atoms with Gasteiger partial charge in [-0.15, -0.1) is 0 Å². The molecule has 2 heterocycles. The molecule has 1 atom stereocenters. The highest BCUT2D eigenvalue weighted by atomic mass is 32.2. The number of rotatable bonds is 3. The third-order valence-corrected chi connectivity index (χ3v) is 6.60. The first-order valence-corrected chi connectivity index (χ1v) is 10.7. The lowest BCUT2D eigenvalue weighted by Crippen LogP contribution is -2.39. The molecule has 0 bridgehead atoms. The number of sulfonamides is 1. The van der Waals surface area contributed by atoms with Gasteiger partial charge in [0.1, 0.15) is 17.3 Å². The van der Waals surface area contributed by atoms with Crippen LogP contribution < -0.4 is 14.4 Å². The first kappa shape index (κ1) is 17.4. The molecule has 0 radical (unpaired) electrons. The van der Waals surface area contributed by atoms with Crippen LogP contribution >= 0.6 is 0 Å². The number of piperidine rings is 1. The minimum Gasteiger partial charge on any atom is -0.490 e. The summed E-state index contributed by atoms with van der Waals surface area (Å²) in [4.78, 5) is 2.46. The van der Waals surface area contributed by atoms with Crippen LogP contribution in [-0.4, -0.2) is 34.2 Å². The SMILES string of the molecule is O=S1(=O)N[C@H](Cc2ccccc2)COc2cccc(N3CCCCC3)c21. The molecule has 1 fully saturated rings. The molecule has 2 aromatic rings. The van der Waals surface area contributed by atoms with Gasteiger partial charge < -0.3 is 9.64 Å². The van der Waals surface area contributed by atoms with Crippen LogP contribution in [0.4, 0.5) is 5.69 Å². The van der Waals surface area contributed by atoms with E-state index in [-0.39, 0.29) is 10.9 Å². The van der Waals surface area contributed by atoms with Crippen LogP contribution in [0, 0.1) is 0 Å². The molecule has 0 spiro atoms. The van der Waals surface area contributed by atoms with Crippen LogP contribution in [0.2, 0.25) is 0 Å². The van der Waals surface area contributed by atoms with E-state index in [1.54, 1.807) is 6.07 Å². The fourth-order valence-electron chi connectivity index (χ4n) is 3.77. The second-order valence-corrected chi connectivity index (χ2v) is 8.62. The lowest BCUT2D eigenvalue weighted by molar-refractivity contribution is 0.279. The molecule has 26 heavy (non-hydrogen) atoms. The number of fused-ring (bicyclic) bond motifs is 1. The summed E-state index contributed by atoms with van der Waals surface area (Å²) in [7, 11) is -3.64. The second-order valence-electron chi connectivity index (χ2n) is 6.97. The van der Waals surface area contributed by atoms with Crippen molar-refractivity contribution in [1.82, 2.24) is 4.72 Å². The van der Waals surface area contributed by atoms with Crippen LogP contribution in [0.1, 0.15) is 24.8 Å². The monoisotopic (exact) mass is 372 g/mol. The van der Waals surface area contributed by atoms with Crippen LogP contribution in [0.25, 0.3) is 0 Å². The molecule has 0 aliphatic carbocycles. The minimum absolute atomic E-state index is 0.288. The lowest BCUT2D eigenvalue weighted by Gasteiger charge is -2.30. The molecule has 0 unspecified atom stereocenters. The van der Waals surface area contributed by atoms with Crippen LogP contribution in [0.5, 0.6) is 5.75 Å². The van der Waals surface area contributed by atoms with Crippen molar-refractivity contribution in [2.24, 2.45) is 0 Å². The number of benzene rings is 2. The molecule has 2 aliphatic rings. The minimum atomic E-state index is -3.64. The number of ether oxygens (including phenoxy) is 1. The van der Waals surface area contributed by atoms with E-state index in [0.717, 1.165) is 37.2 Å². The van der Waals surface area contributed by atoms with E-state index >= 15 is 0 Å². The highest BCUT2D eigenvalue weighted by Crippen LogP contribution is 2.36. The van der Waals surface area contributed by atoms with Crippen LogP contribution in [0.3, 0.4) is 0 Å². The molecule has 0 saturated carbocycles. The molecule has 138 valence electrons. The highest BCUT2D eigenvalue weighted by Gasteiger charge is 2.32. The number of hydrogen-bond donors (Lipinski definition) is 1. The van der Waals surface area contributed by atoms with Gasteiger partial charge in [-0.25, -0.2) is 13.1 Å². The van der Waals surface area contributed by atoms with E-state index in [4.69, 9.17) is 4.74 Å². The zero-order valence-electron chi connectivity index (χ0n) is 14.7. The Bertz CT molecular complexity index is 862. The third kappa shape index (κ3) is 3.57. The fourth-order valence-corrected chi connectivity index (χ4v) is 5.35. The predicted octanol–water partition coefficient (Wildman–Crippen LogP) is 2.96. The largest absolute Gasteiger partial charge is 0.490 e. The summed E-state index contributed by atoms with van der Waals surface area (Å²) >= 11 is 0. The second kappa shape index (κ2) is 7.29. The Labute approximate surface area is 155 Å². The van der Waals surface area contributed by atoms with Crippen molar-refractivity contribution < 1.29 is 13.2 Å². The van der Waals surface area contributed by atoms with Crippen molar-refractivity contribution in [2.75, 3.05) is 24.6 Å². The first-order valence-electron chi connectivity index (χ1n) is 9.20. The summed E-state index contributed by atoms with van der Waals surface area (Å²) in [5.41, 5.74) is 1.85. The molecule has 4 rings (SSSR count). The third-order valence-electron chi connectivity index (χ3n) is 5.01. The number of nitrogens with zero attached hydrogens (tertiary/aromatic N) is 1. The Morgan fingerprint density at radius 2 is 1.77 bits per heavy atom. The fraction of sp³-hybridized carbons (Fsp3) is 0.400. The van der Waals surface area contributed by atoms with Crippen molar-refractivity contribution in [1.29, 1.82) is 0 Å². The van der Waals surface area contributed by atoms with Gasteiger partial charge >= 0.3 is 0 Å². The maximum Gasteiger partial charge on any atom is 0.246 e. The van der Waals surface area contributed by atoms with Crippen LogP contribution in [0.15, 0.2) is 53.4 Å². The molecular weight excluding hydrogens is 348 g/mol. The van der Waals surface area contributed by atoms with Gasteiger partial charge in [0.15, 0.2) is 0 Å². The van der Waals surface area contributed by atoms with E-state index in [1.165, 1.54) is 6.42 Å². The molecular formula is C20H24N2O3S. The Morgan fingerprint density at radius 1 is 1.00 bits per heavy atom. The summed E-state index contributed by atoms with van der Waals surface area (Å²) in [6.07, 6.45) is 3.99. The first-order chi connectivity index (χ1) is 12.6. The van der Waals surface area contributed by atoms with Gasteiger partial charge in [-0.3, -0.25) is 0 Å². The standard InChI is InChI=1S/C20H24N2O3S/c23-26(24)20-18(22-12-5-2-6-13-22)10-7-11-19(20)25-15-17(21-26)14-16-8-3-1-4-9-16/h1,3-4,7-11,17,21H,2,5-6,12-15H2/t17-/m1/s1. The van der Waals surface area contributed by atoms with Gasteiger partial charge in [0.2, 0.25) is 10.0 Å². The van der Waals surface area contributed by atoms with Gasteiger partial charge in [0, 0.05) is 13.1 Å². The summed E-state index contributed by atoms with van der Waals surface area (Å²) in [6, 6.07) is 15.1. The maximum atomic E-state index is 13.1. The van der Waals surface area contributed by atoms with E-state index < -0.39 is 10.0 Å². The Balaban J connectivity index is 1.65. The van der Waals surface area contributed by atoms with Crippen molar-refractivity contribution in [3.05, 3.63) is 54.1 Å². The van der Waals surface area contributed by atoms with Gasteiger partial charge in [-0.1, -0.05) is 36.4 Å². The Hall–Kier alpha value is -2.05. The summed E-state index contributed by atoms with van der Waals surface area (Å²) < 4.78 is 35.1. The maximum absolute atomic E-state index is 13.1. The average molecular weight is 372 g/mol. The Morgan fingerprint density at radius 3 is 2.54 bits per heavy atom. The van der Waals surface area contributed by atoms with Gasteiger partial charge in [-0.05, 0) is 43.4 Å². The van der Waals surface area contributed by atoms with Crippen molar-refractivity contribution in [3.8, 4) is 5.75 Å². The van der Waals surface area contributed by atoms with Crippen LogP contribution in [-0.2, 0) is 16.4 Å². The number of hydrogen-bond acceptors (Lipinski definition) is 4. The van der Waals surface area contributed by atoms with E-state index in [1.807, 2.05) is 42.5 Å². The summed E-state index contributed by atoms with van der Waals surface area (Å²) in [6.45, 7) is 2.10. The topological polar surface area (TPSA) is 58.6 Å². The quantitative estimate of drug-likeness (QED) is 0.900. The zero-order valence-corrected chi connectivity index (χ0v) is 15.5. The zero-order chi connectivity index (χ0) is 18.0. The van der Waals surface area contributed by atoms with Gasteiger partial charge in [0.25, 0.3) is 0 Å². The summed E-state index contributed by atoms with van der Waals surface area (Å²) in [5, 5.41) is 0. The van der Waals surface area contributed by atoms with Crippen molar-refractivity contribution in [2.45, 2.75) is 36.6 Å². The van der Waals surface area contributed by atoms with Gasteiger partial charge in [-0.2, -0.15) is 0 Å². The van der Waals surface area contributed by atoms with Crippen molar-refractivity contribution >= 4 is 15.7 Å². The molecule has 2 aromatic carbocycles. The Kier molecular flexibility index (Phi) is 4.87. The number of anilines is 1. The smallest absolute Gasteiger partial charge is 0.246 e. The summed E-state index contributed by atoms with van der Waals surface area (Å²) in [5.74, 6) is 0.455. The molecule has 5 nitrogen and oxygen atoms in total. The number of nitrogens with one attached hydrogen (secondary N) is 1. The van der Waals surface area contributed by atoms with E-state index in [2.05, 4.69) is 9.62 Å². The average Bonchev–Trinajstić information content (AvgIpc) is 2.79. The molecule has 2 aliphatic heterocycles. The normalized spacial score (nSPS) is 22.2. The molecule has 0 aromatic heterocycles. The van der Waals surface area contributed by atoms with Gasteiger partial charge in [0.05, 0.1) is 11.7 Å².